The van der Waals surface area contributed by atoms with E-state index in [1.54, 1.807) is 19.5 Å². The van der Waals surface area contributed by atoms with Gasteiger partial charge in [0.05, 0.1) is 24.7 Å². The first-order valence-corrected chi connectivity index (χ1v) is 15.5. The highest BCUT2D eigenvalue weighted by Crippen LogP contribution is 2.41. The predicted octanol–water partition coefficient (Wildman–Crippen LogP) is 4.73. The van der Waals surface area contributed by atoms with Gasteiger partial charge in [0.2, 0.25) is 5.95 Å². The van der Waals surface area contributed by atoms with Crippen LogP contribution in [0.2, 0.25) is 5.02 Å². The van der Waals surface area contributed by atoms with Crippen LogP contribution in [0.1, 0.15) is 18.4 Å². The number of aromatic nitrogens is 3. The van der Waals surface area contributed by atoms with Crippen molar-refractivity contribution in [3.63, 3.8) is 0 Å². The van der Waals surface area contributed by atoms with Crippen molar-refractivity contribution < 1.29 is 9.30 Å². The zero-order valence-corrected chi connectivity index (χ0v) is 23.3. The molecule has 0 bridgehead atoms. The number of pyridine rings is 1. The van der Waals surface area contributed by atoms with Gasteiger partial charge in [0.15, 0.2) is 11.6 Å². The van der Waals surface area contributed by atoms with Crippen LogP contribution in [0.3, 0.4) is 0 Å². The van der Waals surface area contributed by atoms with Gasteiger partial charge in [-0.2, -0.15) is 4.98 Å². The van der Waals surface area contributed by atoms with Crippen molar-refractivity contribution in [2.45, 2.75) is 25.3 Å². The van der Waals surface area contributed by atoms with Gasteiger partial charge in [0.25, 0.3) is 0 Å². The van der Waals surface area contributed by atoms with Gasteiger partial charge in [0, 0.05) is 36.4 Å². The molecule has 2 aliphatic rings. The van der Waals surface area contributed by atoms with Crippen LogP contribution in [0.15, 0.2) is 36.7 Å². The average molecular weight is 542 g/mol. The van der Waals surface area contributed by atoms with Crippen LogP contribution < -0.4 is 25.6 Å². The van der Waals surface area contributed by atoms with Gasteiger partial charge in [-0.15, -0.1) is 0 Å². The molecular formula is C26H33ClN7O2P. The van der Waals surface area contributed by atoms with Gasteiger partial charge in [0.1, 0.15) is 23.7 Å². The lowest BCUT2D eigenvalue weighted by atomic mass is 10.0. The van der Waals surface area contributed by atoms with Crippen molar-refractivity contribution in [3.05, 3.63) is 47.2 Å². The normalized spacial score (nSPS) is 16.0. The van der Waals surface area contributed by atoms with E-state index >= 15 is 0 Å². The molecule has 9 nitrogen and oxygen atoms in total. The van der Waals surface area contributed by atoms with E-state index in [-0.39, 0.29) is 0 Å². The molecular weight excluding hydrogens is 509 g/mol. The number of hydrogen-bond donors (Lipinski definition) is 2. The Hall–Kier alpha value is -2.87. The lowest BCUT2D eigenvalue weighted by molar-refractivity contribution is 0.249. The van der Waals surface area contributed by atoms with Gasteiger partial charge < -0.3 is 29.7 Å². The molecule has 1 aromatic carbocycles. The lowest BCUT2D eigenvalue weighted by Crippen LogP contribution is -2.42. The van der Waals surface area contributed by atoms with Crippen LogP contribution in [0.5, 0.6) is 5.75 Å². The Morgan fingerprint density at radius 1 is 1.08 bits per heavy atom. The summed E-state index contributed by atoms with van der Waals surface area (Å²) in [6.45, 7) is 6.06. The average Bonchev–Trinajstić information content (AvgIpc) is 3.37. The summed E-state index contributed by atoms with van der Waals surface area (Å²) < 4.78 is 18.8. The quantitative estimate of drug-likeness (QED) is 0.412. The van der Waals surface area contributed by atoms with E-state index in [1.807, 2.05) is 24.3 Å². The number of piperidine rings is 1. The minimum Gasteiger partial charge on any atom is -0.491 e. The second-order valence-electron chi connectivity index (χ2n) is 10.1. The minimum absolute atomic E-state index is 0.360. The zero-order chi connectivity index (χ0) is 26.2. The number of anilines is 5. The van der Waals surface area contributed by atoms with Gasteiger partial charge in [-0.1, -0.05) is 23.7 Å². The van der Waals surface area contributed by atoms with E-state index in [0.717, 1.165) is 60.5 Å². The number of para-hydroxylation sites is 1. The fourth-order valence-electron chi connectivity index (χ4n) is 4.94. The van der Waals surface area contributed by atoms with Gasteiger partial charge >= 0.3 is 0 Å². The van der Waals surface area contributed by atoms with Crippen LogP contribution in [-0.4, -0.2) is 73.0 Å². The maximum Gasteiger partial charge on any atom is 0.229 e. The zero-order valence-electron chi connectivity index (χ0n) is 21.7. The molecule has 37 heavy (non-hydrogen) atoms. The smallest absolute Gasteiger partial charge is 0.229 e. The highest BCUT2D eigenvalue weighted by molar-refractivity contribution is 7.70. The molecule has 0 atom stereocenters. The lowest BCUT2D eigenvalue weighted by Gasteiger charge is -2.36. The monoisotopic (exact) mass is 541 g/mol. The van der Waals surface area contributed by atoms with Crippen molar-refractivity contribution in [1.29, 1.82) is 0 Å². The molecule has 1 fully saturated rings. The van der Waals surface area contributed by atoms with Crippen molar-refractivity contribution in [3.8, 4) is 5.75 Å². The fourth-order valence-corrected chi connectivity index (χ4v) is 6.23. The first-order chi connectivity index (χ1) is 17.7. The molecule has 11 heteroatoms. The third kappa shape index (κ3) is 5.54. The number of ether oxygens (including phenoxy) is 1. The molecule has 0 aliphatic carbocycles. The van der Waals surface area contributed by atoms with E-state index in [0.29, 0.717) is 35.1 Å². The minimum atomic E-state index is -2.50. The molecule has 1 saturated heterocycles. The molecule has 2 aliphatic heterocycles. The van der Waals surface area contributed by atoms with Crippen molar-refractivity contribution >= 4 is 53.0 Å². The van der Waals surface area contributed by atoms with Crippen LogP contribution in [0.25, 0.3) is 0 Å². The first kappa shape index (κ1) is 25.8. The highest BCUT2D eigenvalue weighted by Gasteiger charge is 2.28. The molecule has 3 aromatic rings. The standard InChI is InChI=1S/C26H33ClN7O2P/c1-33(2)17-9-12-34(13-10-17)25-18-11-14-36-23(18)21(16-28-25)31-26-29-15-19(27)24(32-26)30-20-7-5-6-8-22(20)37(3,4)35/h5-8,15-17H,9-14H2,1-4H3,(H2,29,30,31,32). The third-order valence-electron chi connectivity index (χ3n) is 6.93. The molecule has 2 N–H and O–H groups in total. The number of halogens is 1. The first-order valence-electron chi connectivity index (χ1n) is 12.5. The summed E-state index contributed by atoms with van der Waals surface area (Å²) in [5.74, 6) is 2.59. The van der Waals surface area contributed by atoms with Crippen LogP contribution in [-0.2, 0) is 11.0 Å². The number of hydrogen-bond acceptors (Lipinski definition) is 9. The van der Waals surface area contributed by atoms with Gasteiger partial charge in [-0.3, -0.25) is 0 Å². The molecule has 2 aromatic heterocycles. The van der Waals surface area contributed by atoms with Crippen LogP contribution in [0.4, 0.5) is 29.0 Å². The Labute approximate surface area is 223 Å². The Balaban J connectivity index is 1.38. The summed E-state index contributed by atoms with van der Waals surface area (Å²) in [7, 11) is 1.79. The number of rotatable bonds is 7. The Morgan fingerprint density at radius 2 is 1.84 bits per heavy atom. The van der Waals surface area contributed by atoms with E-state index in [4.69, 9.17) is 21.3 Å². The van der Waals surface area contributed by atoms with E-state index in [9.17, 15) is 4.57 Å². The maximum absolute atomic E-state index is 12.8. The Morgan fingerprint density at radius 3 is 2.57 bits per heavy atom. The largest absolute Gasteiger partial charge is 0.491 e. The summed E-state index contributed by atoms with van der Waals surface area (Å²) in [4.78, 5) is 18.5. The van der Waals surface area contributed by atoms with Crippen LogP contribution >= 0.6 is 18.7 Å². The van der Waals surface area contributed by atoms with Crippen molar-refractivity contribution in [2.75, 3.05) is 62.7 Å². The molecule has 4 heterocycles. The second-order valence-corrected chi connectivity index (χ2v) is 13.7. The van der Waals surface area contributed by atoms with Gasteiger partial charge in [-0.25, -0.2) is 9.97 Å². The molecule has 5 rings (SSSR count). The summed E-state index contributed by atoms with van der Waals surface area (Å²) in [5, 5.41) is 7.60. The van der Waals surface area contributed by atoms with E-state index < -0.39 is 7.14 Å². The maximum atomic E-state index is 12.8. The molecule has 0 amide bonds. The molecule has 0 radical (unpaired) electrons. The van der Waals surface area contributed by atoms with Crippen molar-refractivity contribution in [2.24, 2.45) is 0 Å². The van der Waals surface area contributed by atoms with E-state index in [2.05, 4.69) is 44.5 Å². The summed E-state index contributed by atoms with van der Waals surface area (Å²) in [6.07, 6.45) is 6.39. The van der Waals surface area contributed by atoms with E-state index in [1.165, 1.54) is 6.20 Å². The Kier molecular flexibility index (Phi) is 7.30. The highest BCUT2D eigenvalue weighted by atomic mass is 35.5. The Bertz CT molecular complexity index is 1340. The van der Waals surface area contributed by atoms with Crippen LogP contribution in [0, 0.1) is 0 Å². The van der Waals surface area contributed by atoms with Gasteiger partial charge in [-0.05, 0) is 52.4 Å². The predicted molar refractivity (Wildman–Crippen MR) is 151 cm³/mol. The third-order valence-corrected chi connectivity index (χ3v) is 8.75. The van der Waals surface area contributed by atoms with Crippen molar-refractivity contribution in [1.82, 2.24) is 19.9 Å². The molecule has 0 unspecified atom stereocenters. The molecule has 196 valence electrons. The topological polar surface area (TPSA) is 95.5 Å². The number of nitrogens with zero attached hydrogens (tertiary/aromatic N) is 5. The SMILES string of the molecule is CN(C)C1CCN(c2ncc(Nc3ncc(Cl)c(Nc4ccccc4P(C)(C)=O)n3)c3c2CCO3)CC1. The summed E-state index contributed by atoms with van der Waals surface area (Å²) >= 11 is 6.42. The summed E-state index contributed by atoms with van der Waals surface area (Å²) in [6, 6.07) is 8.09. The number of fused-ring (bicyclic) bond motifs is 1. The second kappa shape index (κ2) is 10.5. The molecule has 0 spiro atoms. The number of benzene rings is 1. The summed E-state index contributed by atoms with van der Waals surface area (Å²) in [5.41, 5.74) is 2.55. The fraction of sp³-hybridized carbons (Fsp3) is 0.423. The molecule has 0 saturated carbocycles. The number of nitrogens with one attached hydrogen (secondary N) is 2.